The first-order valence-corrected chi connectivity index (χ1v) is 6.10. The van der Waals surface area contributed by atoms with Crippen molar-refractivity contribution in [1.29, 1.82) is 0 Å². The van der Waals surface area contributed by atoms with Gasteiger partial charge < -0.3 is 9.84 Å². The van der Waals surface area contributed by atoms with Gasteiger partial charge in [0.25, 0.3) is 0 Å². The summed E-state index contributed by atoms with van der Waals surface area (Å²) in [7, 11) is 1.73. The molecule has 90 valence electrons. The van der Waals surface area contributed by atoms with E-state index in [0.29, 0.717) is 6.04 Å². The molecule has 1 N–H and O–H groups in total. The van der Waals surface area contributed by atoms with Crippen molar-refractivity contribution < 1.29 is 9.84 Å². The summed E-state index contributed by atoms with van der Waals surface area (Å²) >= 11 is 0. The highest BCUT2D eigenvalue weighted by Gasteiger charge is 2.30. The minimum atomic E-state index is -0.141. The second kappa shape index (κ2) is 6.46. The van der Waals surface area contributed by atoms with Gasteiger partial charge in [0.1, 0.15) is 0 Å². The van der Waals surface area contributed by atoms with E-state index < -0.39 is 0 Å². The van der Waals surface area contributed by atoms with Crippen LogP contribution in [0.25, 0.3) is 0 Å². The maximum Gasteiger partial charge on any atom is 0.0695 e. The van der Waals surface area contributed by atoms with Crippen molar-refractivity contribution in [1.82, 2.24) is 4.90 Å². The predicted molar refractivity (Wildman–Crippen MR) is 61.9 cm³/mol. The van der Waals surface area contributed by atoms with Gasteiger partial charge >= 0.3 is 0 Å². The third-order valence-electron chi connectivity index (χ3n) is 3.50. The van der Waals surface area contributed by atoms with Gasteiger partial charge in [-0.3, -0.25) is 4.90 Å². The molecule has 1 fully saturated rings. The van der Waals surface area contributed by atoms with Gasteiger partial charge in [-0.15, -0.1) is 0 Å². The zero-order valence-corrected chi connectivity index (χ0v) is 10.3. The van der Waals surface area contributed by atoms with Crippen molar-refractivity contribution in [2.45, 2.75) is 45.3 Å². The van der Waals surface area contributed by atoms with Crippen molar-refractivity contribution in [3.05, 3.63) is 0 Å². The zero-order valence-electron chi connectivity index (χ0n) is 10.3. The van der Waals surface area contributed by atoms with Gasteiger partial charge in [0, 0.05) is 19.7 Å². The summed E-state index contributed by atoms with van der Waals surface area (Å²) in [4.78, 5) is 2.35. The Morgan fingerprint density at radius 1 is 1.40 bits per heavy atom. The van der Waals surface area contributed by atoms with Crippen LogP contribution < -0.4 is 0 Å². The number of rotatable bonds is 5. The highest BCUT2D eigenvalue weighted by Crippen LogP contribution is 2.27. The summed E-state index contributed by atoms with van der Waals surface area (Å²) in [6.07, 6.45) is 3.10. The lowest BCUT2D eigenvalue weighted by Gasteiger charge is -2.39. The number of methoxy groups -OCH3 is 1. The first-order chi connectivity index (χ1) is 7.19. The molecule has 0 radical (unpaired) electrons. The molecule has 1 saturated carbocycles. The maximum atomic E-state index is 10.0. The molecule has 0 heterocycles. The summed E-state index contributed by atoms with van der Waals surface area (Å²) in [6.45, 7) is 7.12. The summed E-state index contributed by atoms with van der Waals surface area (Å²) < 4.78 is 5.10. The van der Waals surface area contributed by atoms with E-state index in [1.165, 1.54) is 6.42 Å². The van der Waals surface area contributed by atoms with Crippen LogP contribution in [-0.2, 0) is 4.74 Å². The van der Waals surface area contributed by atoms with Crippen LogP contribution >= 0.6 is 0 Å². The number of nitrogens with zero attached hydrogens (tertiary/aromatic N) is 1. The van der Waals surface area contributed by atoms with E-state index in [2.05, 4.69) is 18.7 Å². The molecule has 0 bridgehead atoms. The smallest absolute Gasteiger partial charge is 0.0695 e. The van der Waals surface area contributed by atoms with Crippen LogP contribution in [0.15, 0.2) is 0 Å². The van der Waals surface area contributed by atoms with Crippen molar-refractivity contribution in [2.75, 3.05) is 26.8 Å². The van der Waals surface area contributed by atoms with Gasteiger partial charge in [-0.1, -0.05) is 13.8 Å². The fraction of sp³-hybridized carbons (Fsp3) is 1.00. The van der Waals surface area contributed by atoms with Crippen molar-refractivity contribution in [3.63, 3.8) is 0 Å². The van der Waals surface area contributed by atoms with Crippen LogP contribution in [0.2, 0.25) is 0 Å². The minimum Gasteiger partial charge on any atom is -0.391 e. The molecule has 0 aromatic carbocycles. The molecular weight excluding hydrogens is 190 g/mol. The zero-order chi connectivity index (χ0) is 11.3. The normalized spacial score (nSPS) is 32.2. The van der Waals surface area contributed by atoms with Crippen LogP contribution in [0.5, 0.6) is 0 Å². The van der Waals surface area contributed by atoms with Gasteiger partial charge in [-0.2, -0.15) is 0 Å². The van der Waals surface area contributed by atoms with Crippen LogP contribution in [0.1, 0.15) is 33.1 Å². The van der Waals surface area contributed by atoms with Crippen molar-refractivity contribution in [2.24, 2.45) is 5.92 Å². The third-order valence-corrected chi connectivity index (χ3v) is 3.50. The second-order valence-electron chi connectivity index (χ2n) is 4.67. The van der Waals surface area contributed by atoms with E-state index in [-0.39, 0.29) is 6.10 Å². The van der Waals surface area contributed by atoms with Gasteiger partial charge in [0.05, 0.1) is 12.7 Å². The Balaban J connectivity index is 2.48. The van der Waals surface area contributed by atoms with E-state index >= 15 is 0 Å². The SMILES string of the molecule is CCN(CCOC)C1CC(C)CCC1O. The number of hydrogen-bond donors (Lipinski definition) is 1. The topological polar surface area (TPSA) is 32.7 Å². The Morgan fingerprint density at radius 2 is 2.13 bits per heavy atom. The molecular formula is C12H25NO2. The van der Waals surface area contributed by atoms with Crippen LogP contribution in [-0.4, -0.2) is 49.0 Å². The van der Waals surface area contributed by atoms with Crippen molar-refractivity contribution >= 4 is 0 Å². The Labute approximate surface area is 93.4 Å². The molecule has 15 heavy (non-hydrogen) atoms. The van der Waals surface area contributed by atoms with Gasteiger partial charge in [0.15, 0.2) is 0 Å². The molecule has 3 atom stereocenters. The third kappa shape index (κ3) is 3.74. The lowest BCUT2D eigenvalue weighted by Crippen LogP contribution is -2.48. The van der Waals surface area contributed by atoms with Crippen molar-refractivity contribution in [3.8, 4) is 0 Å². The molecule has 3 unspecified atom stereocenters. The lowest BCUT2D eigenvalue weighted by atomic mass is 9.84. The summed E-state index contributed by atoms with van der Waals surface area (Å²) in [5, 5.41) is 10.0. The van der Waals surface area contributed by atoms with Gasteiger partial charge in [-0.25, -0.2) is 0 Å². The fourth-order valence-electron chi connectivity index (χ4n) is 2.49. The van der Waals surface area contributed by atoms with Crippen LogP contribution in [0, 0.1) is 5.92 Å². The molecule has 1 aliphatic rings. The van der Waals surface area contributed by atoms with E-state index in [9.17, 15) is 5.11 Å². The molecule has 1 aliphatic carbocycles. The minimum absolute atomic E-state index is 0.141. The quantitative estimate of drug-likeness (QED) is 0.754. The average Bonchev–Trinajstić information content (AvgIpc) is 2.24. The summed E-state index contributed by atoms with van der Waals surface area (Å²) in [5.41, 5.74) is 0. The number of aliphatic hydroxyl groups is 1. The lowest BCUT2D eigenvalue weighted by molar-refractivity contribution is -0.00129. The Kier molecular flexibility index (Phi) is 5.58. The monoisotopic (exact) mass is 215 g/mol. The number of hydrogen-bond acceptors (Lipinski definition) is 3. The molecule has 1 rings (SSSR count). The molecule has 0 amide bonds. The molecule has 3 nitrogen and oxygen atoms in total. The highest BCUT2D eigenvalue weighted by atomic mass is 16.5. The Bertz CT molecular complexity index is 175. The average molecular weight is 215 g/mol. The molecule has 3 heteroatoms. The molecule has 0 aliphatic heterocycles. The highest BCUT2D eigenvalue weighted by molar-refractivity contribution is 4.85. The van der Waals surface area contributed by atoms with E-state index in [1.807, 2.05) is 0 Å². The van der Waals surface area contributed by atoms with E-state index in [1.54, 1.807) is 7.11 Å². The first-order valence-electron chi connectivity index (χ1n) is 6.10. The number of likely N-dealkylation sites (N-methyl/N-ethyl adjacent to an activating group) is 1. The van der Waals surface area contributed by atoms with Gasteiger partial charge in [-0.05, 0) is 31.7 Å². The molecule has 0 spiro atoms. The Morgan fingerprint density at radius 3 is 2.73 bits per heavy atom. The van der Waals surface area contributed by atoms with Crippen LogP contribution in [0.3, 0.4) is 0 Å². The largest absolute Gasteiger partial charge is 0.391 e. The first kappa shape index (κ1) is 12.9. The molecule has 0 saturated heterocycles. The van der Waals surface area contributed by atoms with Gasteiger partial charge in [0.2, 0.25) is 0 Å². The molecule has 0 aromatic rings. The molecule has 0 aromatic heterocycles. The standard InChI is InChI=1S/C12H25NO2/c1-4-13(7-8-15-3)11-9-10(2)5-6-12(11)14/h10-12,14H,4-9H2,1-3H3. The number of aliphatic hydroxyl groups excluding tert-OH is 1. The summed E-state index contributed by atoms with van der Waals surface area (Å²) in [5.74, 6) is 0.745. The predicted octanol–water partition coefficient (Wildman–Crippen LogP) is 1.50. The maximum absolute atomic E-state index is 10.0. The van der Waals surface area contributed by atoms with E-state index in [4.69, 9.17) is 4.74 Å². The fourth-order valence-corrected chi connectivity index (χ4v) is 2.49. The Hall–Kier alpha value is -0.120. The number of ether oxygens (including phenoxy) is 1. The second-order valence-corrected chi connectivity index (χ2v) is 4.67. The van der Waals surface area contributed by atoms with Crippen LogP contribution in [0.4, 0.5) is 0 Å². The summed E-state index contributed by atoms with van der Waals surface area (Å²) in [6, 6.07) is 0.342. The van der Waals surface area contributed by atoms with E-state index in [0.717, 1.165) is 38.5 Å².